The van der Waals surface area contributed by atoms with Crippen molar-refractivity contribution in [3.8, 4) is 0 Å². The van der Waals surface area contributed by atoms with Gasteiger partial charge in [-0.3, -0.25) is 0 Å². The van der Waals surface area contributed by atoms with E-state index in [1.54, 1.807) is 0 Å². The van der Waals surface area contributed by atoms with Crippen molar-refractivity contribution in [2.45, 2.75) is 54.9 Å². The molecule has 0 aliphatic heterocycles. The van der Waals surface area contributed by atoms with Crippen molar-refractivity contribution in [2.24, 2.45) is 0 Å². The molecule has 8 atom stereocenters. The summed E-state index contributed by atoms with van der Waals surface area (Å²) in [4.78, 5) is 0. The van der Waals surface area contributed by atoms with Crippen LogP contribution in [0.5, 0.6) is 0 Å². The van der Waals surface area contributed by atoms with E-state index in [9.17, 15) is 0 Å². The van der Waals surface area contributed by atoms with E-state index in [1.807, 2.05) is 0 Å². The molecule has 0 fully saturated rings. The van der Waals surface area contributed by atoms with Gasteiger partial charge in [-0.05, 0) is 0 Å². The molecule has 2 unspecified atom stereocenters. The number of rotatable bonds is 12. The van der Waals surface area contributed by atoms with Gasteiger partial charge < -0.3 is 76.6 Å². The lowest BCUT2D eigenvalue weighted by Crippen LogP contribution is -2.41. The van der Waals surface area contributed by atoms with E-state index < -0.39 is 94.6 Å². The lowest BCUT2D eigenvalue weighted by molar-refractivity contribution is -0.0900. The first kappa shape index (κ1) is 34.0. The molecule has 0 heterocycles. The summed E-state index contributed by atoms with van der Waals surface area (Å²) in [6.45, 7) is -3.84. The second kappa shape index (κ2) is 20.3. The Balaban J connectivity index is -0.000000364. The molecule has 0 rings (SSSR count). The molecule has 0 bridgehead atoms. The van der Waals surface area contributed by atoms with Crippen LogP contribution < -0.4 is 0 Å². The molecule has 15 nitrogen and oxygen atoms in total. The predicted octanol–water partition coefficient (Wildman–Crippen LogP) is -8.84. The third-order valence-corrected chi connectivity index (χ3v) is 3.49. The maximum absolute atomic E-state index is 8.77. The smallest absolute Gasteiger partial charge is 0.110 e. The van der Waals surface area contributed by atoms with Gasteiger partial charge in [0.15, 0.2) is 0 Å². The van der Waals surface area contributed by atoms with Crippen molar-refractivity contribution in [1.29, 1.82) is 0 Å². The summed E-state index contributed by atoms with van der Waals surface area (Å²) < 4.78 is 0. The van der Waals surface area contributed by atoms with Crippen LogP contribution in [-0.4, -0.2) is 171 Å². The van der Waals surface area contributed by atoms with E-state index in [2.05, 4.69) is 0 Å². The summed E-state index contributed by atoms with van der Waals surface area (Å²) >= 11 is 0. The summed E-state index contributed by atoms with van der Waals surface area (Å²) in [6, 6.07) is 0. The van der Waals surface area contributed by atoms with Crippen LogP contribution in [-0.2, 0) is 0 Å². The zero-order chi connectivity index (χ0) is 24.4. The molecule has 0 spiro atoms. The summed E-state index contributed by atoms with van der Waals surface area (Å²) in [5.74, 6) is 0. The van der Waals surface area contributed by atoms with Crippen LogP contribution in [0.3, 0.4) is 0 Å². The van der Waals surface area contributed by atoms with Crippen LogP contribution in [0.2, 0.25) is 0 Å². The molecule has 0 aromatic heterocycles. The van der Waals surface area contributed by atoms with Crippen molar-refractivity contribution in [1.82, 2.24) is 0 Å². The first-order valence-corrected chi connectivity index (χ1v) is 8.67. The molecule has 0 aromatic carbocycles. The molecule has 30 heavy (non-hydrogen) atoms. The maximum atomic E-state index is 8.77. The van der Waals surface area contributed by atoms with Gasteiger partial charge >= 0.3 is 0 Å². The molecule has 15 heteroatoms. The average Bonchev–Trinajstić information content (AvgIpc) is 2.79. The molecule has 0 aliphatic carbocycles. The molecule has 0 amide bonds. The van der Waals surface area contributed by atoms with E-state index in [1.165, 1.54) is 0 Å². The third-order valence-electron chi connectivity index (χ3n) is 3.49. The number of hydrogen-bond acceptors (Lipinski definition) is 15. The van der Waals surface area contributed by atoms with Crippen molar-refractivity contribution >= 4 is 0 Å². The van der Waals surface area contributed by atoms with Crippen LogP contribution in [0.25, 0.3) is 0 Å². The van der Waals surface area contributed by atoms with Gasteiger partial charge in [-0.25, -0.2) is 0 Å². The second-order valence-electron chi connectivity index (χ2n) is 5.97. The molecule has 0 aromatic rings. The minimum atomic E-state index is -1.49. The first-order valence-electron chi connectivity index (χ1n) is 8.67. The zero-order valence-electron chi connectivity index (χ0n) is 16.1. The summed E-state index contributed by atoms with van der Waals surface area (Å²) in [5, 5.41) is 128. The van der Waals surface area contributed by atoms with Crippen LogP contribution >= 0.6 is 0 Å². The highest BCUT2D eigenvalue weighted by Gasteiger charge is 2.24. The highest BCUT2D eigenvalue weighted by Crippen LogP contribution is 1.99. The predicted molar refractivity (Wildman–Crippen MR) is 96.6 cm³/mol. The van der Waals surface area contributed by atoms with Gasteiger partial charge in [0, 0.05) is 0 Å². The molecule has 15 N–H and O–H groups in total. The van der Waals surface area contributed by atoms with Crippen LogP contribution in [0.4, 0.5) is 0 Å². The zero-order valence-corrected chi connectivity index (χ0v) is 16.1. The Hall–Kier alpha value is -0.600. The van der Waals surface area contributed by atoms with Crippen molar-refractivity contribution < 1.29 is 76.6 Å². The Kier molecular flexibility index (Phi) is 23.0. The van der Waals surface area contributed by atoms with Gasteiger partial charge in [-0.1, -0.05) is 0 Å². The Morgan fingerprint density at radius 2 is 0.367 bits per heavy atom. The monoisotopic (exact) mass is 456 g/mol. The average molecular weight is 456 g/mol. The van der Waals surface area contributed by atoms with Crippen molar-refractivity contribution in [2.75, 3.05) is 39.6 Å². The Morgan fingerprint density at radius 1 is 0.267 bits per heavy atom. The largest absolute Gasteiger partial charge is 0.394 e. The molecule has 0 aliphatic rings. The van der Waals surface area contributed by atoms with Gasteiger partial charge in [-0.2, -0.15) is 0 Å². The fraction of sp³-hybridized carbons (Fsp3) is 1.00. The second-order valence-corrected chi connectivity index (χ2v) is 5.97. The highest BCUT2D eigenvalue weighted by atomic mass is 16.4. The fourth-order valence-corrected chi connectivity index (χ4v) is 1.42. The van der Waals surface area contributed by atoms with E-state index in [-0.39, 0.29) is 0 Å². The molecule has 0 saturated carbocycles. The molecule has 0 radical (unpaired) electrons. The standard InChI is InChI=1S/3C5H12O5/c3*6-1-3(8)5(10)4(9)2-7/h3*3-10H,1-2H2/t2*3-,4+,5?;3-,4-/m..1/s1. The van der Waals surface area contributed by atoms with Gasteiger partial charge in [0.25, 0.3) is 0 Å². The fourth-order valence-electron chi connectivity index (χ4n) is 1.42. The van der Waals surface area contributed by atoms with Gasteiger partial charge in [0.1, 0.15) is 54.9 Å². The SMILES string of the molecule is OC[C@@H](O)C(O)[C@@H](O)CO.OC[C@@H](O)C(O)[C@@H](O)CO.OC[C@@H](O)C(O)[C@H](O)CO. The third kappa shape index (κ3) is 15.2. The van der Waals surface area contributed by atoms with Crippen molar-refractivity contribution in [3.05, 3.63) is 0 Å². The van der Waals surface area contributed by atoms with Gasteiger partial charge in [-0.15, -0.1) is 0 Å². The number of aliphatic hydroxyl groups excluding tert-OH is 15. The van der Waals surface area contributed by atoms with E-state index in [0.717, 1.165) is 0 Å². The van der Waals surface area contributed by atoms with Gasteiger partial charge in [0.05, 0.1) is 39.6 Å². The lowest BCUT2D eigenvalue weighted by Gasteiger charge is -2.19. The number of hydrogen-bond donors (Lipinski definition) is 15. The normalized spacial score (nSPS) is 19.2. The Morgan fingerprint density at radius 3 is 0.433 bits per heavy atom. The maximum Gasteiger partial charge on any atom is 0.110 e. The van der Waals surface area contributed by atoms with Crippen LogP contribution in [0.1, 0.15) is 0 Å². The Bertz CT molecular complexity index is 281. The van der Waals surface area contributed by atoms with Crippen LogP contribution in [0.15, 0.2) is 0 Å². The topological polar surface area (TPSA) is 303 Å². The summed E-state index contributed by atoms with van der Waals surface area (Å²) in [5.41, 5.74) is 0. The Labute approximate surface area is 172 Å². The summed E-state index contributed by atoms with van der Waals surface area (Å²) in [7, 11) is 0. The lowest BCUT2D eigenvalue weighted by atomic mass is 10.1. The van der Waals surface area contributed by atoms with E-state index in [0.29, 0.717) is 0 Å². The molecular formula is C15H36O15. The summed E-state index contributed by atoms with van der Waals surface area (Å²) in [6.07, 6.45) is -12.9. The van der Waals surface area contributed by atoms with Crippen molar-refractivity contribution in [3.63, 3.8) is 0 Å². The minimum absolute atomic E-state index is 0.641. The van der Waals surface area contributed by atoms with E-state index in [4.69, 9.17) is 76.6 Å². The quantitative estimate of drug-likeness (QED) is 0.130. The molecule has 0 saturated heterocycles. The van der Waals surface area contributed by atoms with E-state index >= 15 is 0 Å². The first-order chi connectivity index (χ1) is 13.9. The molecular weight excluding hydrogens is 420 g/mol. The minimum Gasteiger partial charge on any atom is -0.394 e. The van der Waals surface area contributed by atoms with Crippen LogP contribution in [0, 0.1) is 0 Å². The highest BCUT2D eigenvalue weighted by molar-refractivity contribution is 4.74. The van der Waals surface area contributed by atoms with Gasteiger partial charge in [0.2, 0.25) is 0 Å². The number of aliphatic hydroxyl groups is 15. The molecule has 186 valence electrons.